The zero-order chi connectivity index (χ0) is 12.1. The van der Waals surface area contributed by atoms with Gasteiger partial charge in [0.25, 0.3) is 0 Å². The Bertz CT molecular complexity index is 470. The monoisotopic (exact) mass is 268 g/mol. The van der Waals surface area contributed by atoms with E-state index in [0.29, 0.717) is 11.7 Å². The van der Waals surface area contributed by atoms with Crippen molar-refractivity contribution in [3.8, 4) is 0 Å². The summed E-state index contributed by atoms with van der Waals surface area (Å²) in [5.74, 6) is 2.83. The van der Waals surface area contributed by atoms with Crippen molar-refractivity contribution >= 4 is 29.1 Å². The maximum atomic E-state index is 5.71. The summed E-state index contributed by atoms with van der Waals surface area (Å²) in [6.07, 6.45) is 3.76. The highest BCUT2D eigenvalue weighted by Gasteiger charge is 2.01. The second-order valence-corrected chi connectivity index (χ2v) is 4.78. The third-order valence-corrected chi connectivity index (χ3v) is 2.99. The van der Waals surface area contributed by atoms with Gasteiger partial charge >= 0.3 is 0 Å². The fourth-order valence-electron chi connectivity index (χ4n) is 1.41. The molecule has 17 heavy (non-hydrogen) atoms. The molecule has 0 aliphatic heterocycles. The van der Waals surface area contributed by atoms with E-state index >= 15 is 0 Å². The van der Waals surface area contributed by atoms with Crippen LogP contribution in [0.1, 0.15) is 11.5 Å². The molecule has 2 heterocycles. The predicted molar refractivity (Wildman–Crippen MR) is 72.5 cm³/mol. The first kappa shape index (κ1) is 12.3. The molecule has 2 aromatic heterocycles. The molecule has 0 spiro atoms. The molecule has 2 rings (SSSR count). The lowest BCUT2D eigenvalue weighted by molar-refractivity contribution is 0.487. The normalized spacial score (nSPS) is 10.5. The summed E-state index contributed by atoms with van der Waals surface area (Å²) < 4.78 is 5.64. The SMILES string of the molecule is CSCc1ccc(CNc2ccc(Cl)nc2)o1. The molecular weight excluding hydrogens is 256 g/mol. The van der Waals surface area contributed by atoms with Crippen molar-refractivity contribution in [1.82, 2.24) is 4.98 Å². The van der Waals surface area contributed by atoms with Gasteiger partial charge in [-0.05, 0) is 30.5 Å². The van der Waals surface area contributed by atoms with Gasteiger partial charge in [-0.25, -0.2) is 4.98 Å². The van der Waals surface area contributed by atoms with E-state index in [2.05, 4.69) is 16.6 Å². The Kier molecular flexibility index (Phi) is 4.34. The zero-order valence-electron chi connectivity index (χ0n) is 9.44. The van der Waals surface area contributed by atoms with Crippen molar-refractivity contribution in [2.75, 3.05) is 11.6 Å². The highest BCUT2D eigenvalue weighted by Crippen LogP contribution is 2.15. The standard InChI is InChI=1S/C12H13ClN2OS/c1-17-8-11-4-3-10(16-11)7-14-9-2-5-12(13)15-6-9/h2-6,14H,7-8H2,1H3. The van der Waals surface area contributed by atoms with E-state index in [1.54, 1.807) is 24.0 Å². The van der Waals surface area contributed by atoms with Crippen molar-refractivity contribution in [2.24, 2.45) is 0 Å². The maximum Gasteiger partial charge on any atom is 0.129 e. The van der Waals surface area contributed by atoms with Crippen LogP contribution in [0.4, 0.5) is 5.69 Å². The molecular formula is C12H13ClN2OS. The second-order valence-electron chi connectivity index (χ2n) is 3.52. The number of hydrogen-bond donors (Lipinski definition) is 1. The molecule has 0 aliphatic rings. The first-order valence-corrected chi connectivity index (χ1v) is 6.97. The van der Waals surface area contributed by atoms with Crippen LogP contribution in [0.25, 0.3) is 0 Å². The van der Waals surface area contributed by atoms with E-state index in [1.807, 2.05) is 18.2 Å². The van der Waals surface area contributed by atoms with Crippen LogP contribution in [-0.2, 0) is 12.3 Å². The first-order valence-electron chi connectivity index (χ1n) is 5.20. The van der Waals surface area contributed by atoms with Gasteiger partial charge in [0.05, 0.1) is 24.2 Å². The quantitative estimate of drug-likeness (QED) is 0.837. The van der Waals surface area contributed by atoms with Crippen LogP contribution in [0.2, 0.25) is 5.15 Å². The predicted octanol–water partition coefficient (Wildman–Crippen LogP) is 3.80. The van der Waals surface area contributed by atoms with Gasteiger partial charge in [0.15, 0.2) is 0 Å². The number of nitrogens with zero attached hydrogens (tertiary/aromatic N) is 1. The number of anilines is 1. The molecule has 0 aromatic carbocycles. The lowest BCUT2D eigenvalue weighted by Crippen LogP contribution is -1.98. The number of furan rings is 1. The van der Waals surface area contributed by atoms with Gasteiger partial charge in [-0.15, -0.1) is 0 Å². The minimum Gasteiger partial charge on any atom is -0.463 e. The van der Waals surface area contributed by atoms with Gasteiger partial charge in [0.2, 0.25) is 0 Å². The Labute approximate surface area is 110 Å². The van der Waals surface area contributed by atoms with Crippen LogP contribution in [0, 0.1) is 0 Å². The maximum absolute atomic E-state index is 5.71. The molecule has 0 aliphatic carbocycles. The van der Waals surface area contributed by atoms with Crippen molar-refractivity contribution in [1.29, 1.82) is 0 Å². The van der Waals surface area contributed by atoms with E-state index in [9.17, 15) is 0 Å². The second kappa shape index (κ2) is 5.98. The number of thioether (sulfide) groups is 1. The Hall–Kier alpha value is -1.13. The third kappa shape index (κ3) is 3.68. The number of hydrogen-bond acceptors (Lipinski definition) is 4. The molecule has 0 bridgehead atoms. The molecule has 3 nitrogen and oxygen atoms in total. The molecule has 5 heteroatoms. The average Bonchev–Trinajstić information content (AvgIpc) is 2.77. The van der Waals surface area contributed by atoms with E-state index in [4.69, 9.17) is 16.0 Å². The summed E-state index contributed by atoms with van der Waals surface area (Å²) in [5.41, 5.74) is 0.928. The number of nitrogens with one attached hydrogen (secondary N) is 1. The van der Waals surface area contributed by atoms with Crippen molar-refractivity contribution in [3.05, 3.63) is 47.1 Å². The van der Waals surface area contributed by atoms with Gasteiger partial charge < -0.3 is 9.73 Å². The lowest BCUT2D eigenvalue weighted by atomic mass is 10.4. The average molecular weight is 269 g/mol. The Balaban J connectivity index is 1.90. The van der Waals surface area contributed by atoms with E-state index < -0.39 is 0 Å². The van der Waals surface area contributed by atoms with Gasteiger partial charge in [0.1, 0.15) is 16.7 Å². The van der Waals surface area contributed by atoms with Crippen LogP contribution in [0.5, 0.6) is 0 Å². The minimum atomic E-state index is 0.496. The van der Waals surface area contributed by atoms with E-state index in [1.165, 1.54) is 0 Å². The molecule has 90 valence electrons. The summed E-state index contributed by atoms with van der Waals surface area (Å²) in [5, 5.41) is 3.72. The topological polar surface area (TPSA) is 38.1 Å². The molecule has 0 unspecified atom stereocenters. The lowest BCUT2D eigenvalue weighted by Gasteiger charge is -2.03. The summed E-state index contributed by atoms with van der Waals surface area (Å²) in [6.45, 7) is 0.650. The third-order valence-electron chi connectivity index (χ3n) is 2.20. The number of aromatic nitrogens is 1. The molecule has 0 atom stereocenters. The van der Waals surface area contributed by atoms with Crippen LogP contribution in [0.15, 0.2) is 34.9 Å². The Morgan fingerprint density at radius 3 is 2.82 bits per heavy atom. The summed E-state index contributed by atoms with van der Waals surface area (Å²) in [7, 11) is 0. The number of halogens is 1. The van der Waals surface area contributed by atoms with E-state index in [-0.39, 0.29) is 0 Å². The highest BCUT2D eigenvalue weighted by atomic mass is 35.5. The van der Waals surface area contributed by atoms with Gasteiger partial charge in [0, 0.05) is 0 Å². The summed E-state index contributed by atoms with van der Waals surface area (Å²) in [6, 6.07) is 7.64. The Morgan fingerprint density at radius 2 is 2.12 bits per heavy atom. The van der Waals surface area contributed by atoms with Crippen LogP contribution in [0.3, 0.4) is 0 Å². The van der Waals surface area contributed by atoms with Gasteiger partial charge in [-0.1, -0.05) is 11.6 Å². The summed E-state index contributed by atoms with van der Waals surface area (Å²) in [4.78, 5) is 4.00. The van der Waals surface area contributed by atoms with Crippen molar-refractivity contribution in [2.45, 2.75) is 12.3 Å². The summed E-state index contributed by atoms with van der Waals surface area (Å²) >= 11 is 7.45. The van der Waals surface area contributed by atoms with Gasteiger partial charge in [-0.2, -0.15) is 11.8 Å². The van der Waals surface area contributed by atoms with Gasteiger partial charge in [-0.3, -0.25) is 0 Å². The number of rotatable bonds is 5. The zero-order valence-corrected chi connectivity index (χ0v) is 11.0. The van der Waals surface area contributed by atoms with E-state index in [0.717, 1.165) is 23.0 Å². The highest BCUT2D eigenvalue weighted by molar-refractivity contribution is 7.97. The molecule has 0 radical (unpaired) electrons. The van der Waals surface area contributed by atoms with Crippen LogP contribution < -0.4 is 5.32 Å². The first-order chi connectivity index (χ1) is 8.28. The molecule has 1 N–H and O–H groups in total. The minimum absolute atomic E-state index is 0.496. The fourth-order valence-corrected chi connectivity index (χ4v) is 1.96. The van der Waals surface area contributed by atoms with Crippen molar-refractivity contribution in [3.63, 3.8) is 0 Å². The fraction of sp³-hybridized carbons (Fsp3) is 0.250. The van der Waals surface area contributed by atoms with Crippen molar-refractivity contribution < 1.29 is 4.42 Å². The molecule has 0 saturated carbocycles. The Morgan fingerprint density at radius 1 is 1.29 bits per heavy atom. The van der Waals surface area contributed by atoms with Crippen LogP contribution in [-0.4, -0.2) is 11.2 Å². The molecule has 0 fully saturated rings. The largest absolute Gasteiger partial charge is 0.463 e. The molecule has 0 saturated heterocycles. The van der Waals surface area contributed by atoms with Crippen LogP contribution >= 0.6 is 23.4 Å². The smallest absolute Gasteiger partial charge is 0.129 e. The molecule has 0 amide bonds. The number of pyridine rings is 1. The molecule has 2 aromatic rings.